The number of hydrogen-bond acceptors (Lipinski definition) is 2. The highest BCUT2D eigenvalue weighted by Gasteiger charge is 2.70. The second-order valence-electron chi connectivity index (χ2n) is 3.21. The van der Waals surface area contributed by atoms with Crippen LogP contribution in [0, 0.1) is 22.2 Å². The van der Waals surface area contributed by atoms with E-state index in [2.05, 4.69) is 6.58 Å². The molecule has 1 rings (SSSR count). The minimum atomic E-state index is -1.19. The maximum Gasteiger partial charge on any atom is 0.324 e. The van der Waals surface area contributed by atoms with Crippen LogP contribution >= 0.6 is 0 Å². The predicted octanol–water partition coefficient (Wildman–Crippen LogP) is 1.57. The van der Waals surface area contributed by atoms with E-state index in [1.54, 1.807) is 6.08 Å². The topological polar surface area (TPSA) is 61.1 Å². The van der Waals surface area contributed by atoms with Crippen molar-refractivity contribution in [1.29, 1.82) is 5.26 Å². The van der Waals surface area contributed by atoms with Crippen LogP contribution in [-0.2, 0) is 4.79 Å². The van der Waals surface area contributed by atoms with Crippen molar-refractivity contribution >= 4 is 5.97 Å². The minimum Gasteiger partial charge on any atom is -0.480 e. The number of carboxylic acids is 1. The maximum absolute atomic E-state index is 10.8. The van der Waals surface area contributed by atoms with E-state index < -0.39 is 16.8 Å². The van der Waals surface area contributed by atoms with E-state index in [0.717, 1.165) is 0 Å². The van der Waals surface area contributed by atoms with Gasteiger partial charge in [-0.2, -0.15) is 5.26 Å². The van der Waals surface area contributed by atoms with Crippen LogP contribution in [0.15, 0.2) is 12.7 Å². The first kappa shape index (κ1) is 8.79. The molecule has 2 unspecified atom stereocenters. The molecule has 0 aromatic rings. The van der Waals surface area contributed by atoms with Gasteiger partial charge in [-0.3, -0.25) is 4.79 Å². The van der Waals surface area contributed by atoms with Crippen molar-refractivity contribution in [2.24, 2.45) is 10.8 Å². The molecule has 0 aromatic heterocycles. The molecular formula is C9H11NO2. The molecule has 1 saturated carbocycles. The molecule has 0 saturated heterocycles. The number of carboxylic acid groups (broad SMARTS) is 1. The van der Waals surface area contributed by atoms with E-state index in [9.17, 15) is 4.79 Å². The van der Waals surface area contributed by atoms with Crippen molar-refractivity contribution in [2.45, 2.75) is 19.8 Å². The Bertz CT molecular complexity index is 279. The molecule has 0 radical (unpaired) electrons. The fourth-order valence-corrected chi connectivity index (χ4v) is 1.73. The molecule has 1 aliphatic rings. The first-order chi connectivity index (χ1) is 5.58. The Morgan fingerprint density at radius 2 is 2.50 bits per heavy atom. The summed E-state index contributed by atoms with van der Waals surface area (Å²) in [7, 11) is 0. The Morgan fingerprint density at radius 3 is 2.58 bits per heavy atom. The van der Waals surface area contributed by atoms with Gasteiger partial charge in [-0.25, -0.2) is 0 Å². The maximum atomic E-state index is 10.8. The lowest BCUT2D eigenvalue weighted by atomic mass is 9.91. The van der Waals surface area contributed by atoms with Gasteiger partial charge in [0.15, 0.2) is 5.41 Å². The first-order valence-electron chi connectivity index (χ1n) is 3.87. The van der Waals surface area contributed by atoms with Crippen LogP contribution in [0.2, 0.25) is 0 Å². The Labute approximate surface area is 71.3 Å². The van der Waals surface area contributed by atoms with E-state index in [-0.39, 0.29) is 0 Å². The lowest BCUT2D eigenvalue weighted by molar-refractivity contribution is -0.142. The number of aliphatic carboxylic acids is 1. The zero-order valence-electron chi connectivity index (χ0n) is 7.00. The van der Waals surface area contributed by atoms with Crippen molar-refractivity contribution in [1.82, 2.24) is 0 Å². The third-order valence-corrected chi connectivity index (χ3v) is 2.88. The minimum absolute atomic E-state index is 0.409. The molecule has 3 nitrogen and oxygen atoms in total. The number of nitriles is 1. The normalized spacial score (nSPS) is 38.3. The zero-order valence-corrected chi connectivity index (χ0v) is 7.00. The second kappa shape index (κ2) is 2.34. The number of carbonyl (C=O) groups is 1. The number of allylic oxidation sites excluding steroid dienone is 1. The van der Waals surface area contributed by atoms with Crippen LogP contribution in [0.25, 0.3) is 0 Å². The summed E-state index contributed by atoms with van der Waals surface area (Å²) in [5.74, 6) is -1.02. The highest BCUT2D eigenvalue weighted by molar-refractivity contribution is 5.84. The van der Waals surface area contributed by atoms with E-state index >= 15 is 0 Å². The van der Waals surface area contributed by atoms with Crippen molar-refractivity contribution in [3.63, 3.8) is 0 Å². The van der Waals surface area contributed by atoms with Crippen molar-refractivity contribution in [2.75, 3.05) is 0 Å². The summed E-state index contributed by atoms with van der Waals surface area (Å²) in [5.41, 5.74) is -1.67. The molecule has 0 aromatic carbocycles. The second-order valence-corrected chi connectivity index (χ2v) is 3.21. The highest BCUT2D eigenvalue weighted by Crippen LogP contribution is 2.66. The molecule has 64 valence electrons. The van der Waals surface area contributed by atoms with Crippen LogP contribution in [-0.4, -0.2) is 11.1 Å². The van der Waals surface area contributed by atoms with Gasteiger partial charge in [-0.1, -0.05) is 13.0 Å². The zero-order chi connectivity index (χ0) is 9.41. The van der Waals surface area contributed by atoms with E-state index in [1.807, 2.05) is 13.0 Å². The lowest BCUT2D eigenvalue weighted by Gasteiger charge is -2.10. The van der Waals surface area contributed by atoms with Crippen LogP contribution in [0.3, 0.4) is 0 Å². The summed E-state index contributed by atoms with van der Waals surface area (Å²) in [6.45, 7) is 5.46. The molecule has 3 heteroatoms. The fourth-order valence-electron chi connectivity index (χ4n) is 1.73. The standard InChI is InChI=1S/C9H11NO2/c1-3-8(4-2)5-9(8,6-10)7(11)12/h3H,1,4-5H2,2H3,(H,11,12). The smallest absolute Gasteiger partial charge is 0.324 e. The van der Waals surface area contributed by atoms with Gasteiger partial charge in [-0.15, -0.1) is 6.58 Å². The molecule has 1 aliphatic carbocycles. The summed E-state index contributed by atoms with van der Waals surface area (Å²) in [4.78, 5) is 10.8. The molecule has 2 atom stereocenters. The van der Waals surface area contributed by atoms with Gasteiger partial charge in [0.1, 0.15) is 0 Å². The van der Waals surface area contributed by atoms with Gasteiger partial charge >= 0.3 is 5.97 Å². The van der Waals surface area contributed by atoms with E-state index in [4.69, 9.17) is 10.4 Å². The molecule has 0 aliphatic heterocycles. The van der Waals surface area contributed by atoms with Gasteiger partial charge in [0.25, 0.3) is 0 Å². The SMILES string of the molecule is C=CC1(CC)CC1(C#N)C(=O)O. The van der Waals surface area contributed by atoms with E-state index in [0.29, 0.717) is 12.8 Å². The molecule has 0 heterocycles. The molecule has 1 N–H and O–H groups in total. The Balaban J connectivity index is 3.01. The van der Waals surface area contributed by atoms with Crippen molar-refractivity contribution < 1.29 is 9.90 Å². The van der Waals surface area contributed by atoms with Gasteiger partial charge in [0.05, 0.1) is 6.07 Å². The first-order valence-corrected chi connectivity index (χ1v) is 3.87. The van der Waals surface area contributed by atoms with Gasteiger partial charge < -0.3 is 5.11 Å². The van der Waals surface area contributed by atoms with Gasteiger partial charge in [0.2, 0.25) is 0 Å². The molecule has 0 amide bonds. The third-order valence-electron chi connectivity index (χ3n) is 2.88. The Hall–Kier alpha value is -1.30. The monoisotopic (exact) mass is 165 g/mol. The van der Waals surface area contributed by atoms with Crippen molar-refractivity contribution in [3.05, 3.63) is 12.7 Å². The Kier molecular flexibility index (Phi) is 1.72. The fraction of sp³-hybridized carbons (Fsp3) is 0.556. The molecular weight excluding hydrogens is 154 g/mol. The molecule has 0 bridgehead atoms. The summed E-state index contributed by atoms with van der Waals surface area (Å²) < 4.78 is 0. The highest BCUT2D eigenvalue weighted by atomic mass is 16.4. The molecule has 1 fully saturated rings. The molecule has 0 spiro atoms. The van der Waals surface area contributed by atoms with Crippen molar-refractivity contribution in [3.8, 4) is 6.07 Å². The van der Waals surface area contributed by atoms with E-state index in [1.165, 1.54) is 0 Å². The summed E-state index contributed by atoms with van der Waals surface area (Å²) >= 11 is 0. The van der Waals surface area contributed by atoms with Crippen LogP contribution < -0.4 is 0 Å². The lowest BCUT2D eigenvalue weighted by Crippen LogP contribution is -2.20. The van der Waals surface area contributed by atoms with Crippen LogP contribution in [0.1, 0.15) is 19.8 Å². The Morgan fingerprint density at radius 1 is 1.92 bits per heavy atom. The third kappa shape index (κ3) is 0.724. The molecule has 12 heavy (non-hydrogen) atoms. The van der Waals surface area contributed by atoms with Gasteiger partial charge in [-0.05, 0) is 12.8 Å². The summed E-state index contributed by atoms with van der Waals surface area (Å²) in [6.07, 6.45) is 2.67. The predicted molar refractivity (Wildman–Crippen MR) is 43.2 cm³/mol. The number of nitrogens with zero attached hydrogens (tertiary/aromatic N) is 1. The summed E-state index contributed by atoms with van der Waals surface area (Å²) in [6, 6.07) is 1.87. The largest absolute Gasteiger partial charge is 0.480 e. The van der Waals surface area contributed by atoms with Crippen LogP contribution in [0.4, 0.5) is 0 Å². The average molecular weight is 165 g/mol. The van der Waals surface area contributed by atoms with Gasteiger partial charge in [0, 0.05) is 5.41 Å². The summed E-state index contributed by atoms with van der Waals surface area (Å²) in [5, 5.41) is 17.6. The van der Waals surface area contributed by atoms with Crippen LogP contribution in [0.5, 0.6) is 0 Å². The average Bonchev–Trinajstić information content (AvgIpc) is 2.75. The number of hydrogen-bond donors (Lipinski definition) is 1. The number of rotatable bonds is 3. The quantitative estimate of drug-likeness (QED) is 0.645.